The average Bonchev–Trinajstić information content (AvgIpc) is 2.98. The number of rotatable bonds is 4. The van der Waals surface area contributed by atoms with Crippen molar-refractivity contribution in [2.45, 2.75) is 12.8 Å². The van der Waals surface area contributed by atoms with E-state index in [1.165, 1.54) is 18.6 Å². The van der Waals surface area contributed by atoms with E-state index in [4.69, 9.17) is 4.42 Å². The Kier molecular flexibility index (Phi) is 5.08. The Hall–Kier alpha value is -2.14. The number of hydrogen-bond acceptors (Lipinski definition) is 3. The monoisotopic (exact) mass is 316 g/mol. The number of carbonyl (C=O) groups is 1. The first-order valence-electron chi connectivity index (χ1n) is 8.00. The molecule has 1 aromatic heterocycles. The van der Waals surface area contributed by atoms with Crippen LogP contribution in [0.1, 0.15) is 22.3 Å². The Morgan fingerprint density at radius 3 is 2.87 bits per heavy atom. The largest absolute Gasteiger partial charge is 0.472 e. The molecule has 1 aliphatic rings. The molecule has 0 saturated carbocycles. The molecule has 0 N–H and O–H groups in total. The van der Waals surface area contributed by atoms with Gasteiger partial charge in [-0.3, -0.25) is 4.79 Å². The van der Waals surface area contributed by atoms with E-state index in [0.29, 0.717) is 12.1 Å². The predicted octanol–water partition coefficient (Wildman–Crippen LogP) is 2.81. The molecule has 0 unspecified atom stereocenters. The normalized spacial score (nSPS) is 16.3. The summed E-state index contributed by atoms with van der Waals surface area (Å²) in [4.78, 5) is 16.6. The van der Waals surface area contributed by atoms with Gasteiger partial charge in [0.25, 0.3) is 5.91 Å². The van der Waals surface area contributed by atoms with Crippen LogP contribution in [0.2, 0.25) is 0 Å². The van der Waals surface area contributed by atoms with Crippen LogP contribution >= 0.6 is 0 Å². The van der Waals surface area contributed by atoms with Gasteiger partial charge in [0.15, 0.2) is 0 Å². The van der Waals surface area contributed by atoms with Gasteiger partial charge in [-0.05, 0) is 43.1 Å². The van der Waals surface area contributed by atoms with Crippen molar-refractivity contribution in [1.82, 2.24) is 9.80 Å². The maximum atomic E-state index is 13.2. The quantitative estimate of drug-likeness (QED) is 0.870. The molecule has 0 bridgehead atoms. The first-order chi connectivity index (χ1) is 11.2. The van der Waals surface area contributed by atoms with Gasteiger partial charge in [-0.15, -0.1) is 0 Å². The highest BCUT2D eigenvalue weighted by atomic mass is 19.1. The highest BCUT2D eigenvalue weighted by Crippen LogP contribution is 2.11. The van der Waals surface area contributed by atoms with Crippen molar-refractivity contribution in [3.05, 3.63) is 59.8 Å². The molecule has 2 heterocycles. The molecule has 2 aromatic rings. The van der Waals surface area contributed by atoms with E-state index in [0.717, 1.165) is 44.6 Å². The fourth-order valence-corrected chi connectivity index (χ4v) is 2.95. The van der Waals surface area contributed by atoms with Crippen molar-refractivity contribution in [3.63, 3.8) is 0 Å². The lowest BCUT2D eigenvalue weighted by Gasteiger charge is -2.21. The summed E-state index contributed by atoms with van der Waals surface area (Å²) in [6.07, 6.45) is 4.80. The zero-order valence-corrected chi connectivity index (χ0v) is 13.1. The maximum absolute atomic E-state index is 13.2. The van der Waals surface area contributed by atoms with Crippen molar-refractivity contribution in [2.24, 2.45) is 0 Å². The van der Waals surface area contributed by atoms with Crippen LogP contribution < -0.4 is 0 Å². The van der Waals surface area contributed by atoms with Crippen molar-refractivity contribution in [1.29, 1.82) is 0 Å². The zero-order valence-electron chi connectivity index (χ0n) is 13.1. The second kappa shape index (κ2) is 7.42. The maximum Gasteiger partial charge on any atom is 0.257 e. The molecule has 3 rings (SSSR count). The minimum atomic E-state index is -0.185. The summed E-state index contributed by atoms with van der Waals surface area (Å²) in [5.74, 6) is -0.152. The van der Waals surface area contributed by atoms with Crippen LogP contribution in [-0.4, -0.2) is 48.4 Å². The van der Waals surface area contributed by atoms with Gasteiger partial charge < -0.3 is 14.2 Å². The van der Waals surface area contributed by atoms with E-state index in [1.807, 2.05) is 11.0 Å². The minimum absolute atomic E-state index is 0.0331. The van der Waals surface area contributed by atoms with Crippen LogP contribution in [0, 0.1) is 5.82 Å². The summed E-state index contributed by atoms with van der Waals surface area (Å²) in [6.45, 7) is 4.17. The third kappa shape index (κ3) is 4.20. The fraction of sp³-hybridized carbons (Fsp3) is 0.389. The van der Waals surface area contributed by atoms with Gasteiger partial charge in [0, 0.05) is 26.2 Å². The topological polar surface area (TPSA) is 36.7 Å². The van der Waals surface area contributed by atoms with Crippen molar-refractivity contribution >= 4 is 5.91 Å². The summed E-state index contributed by atoms with van der Waals surface area (Å²) in [7, 11) is 0. The number of hydrogen-bond donors (Lipinski definition) is 0. The molecule has 122 valence electrons. The molecule has 0 atom stereocenters. The summed E-state index contributed by atoms with van der Waals surface area (Å²) in [6, 6.07) is 8.46. The SMILES string of the molecule is O=C(c1ccoc1)N1CCCN(CCc2cccc(F)c2)CC1. The minimum Gasteiger partial charge on any atom is -0.472 e. The number of furan rings is 1. The van der Waals surface area contributed by atoms with Crippen LogP contribution in [0.15, 0.2) is 47.3 Å². The molecule has 1 saturated heterocycles. The molecular weight excluding hydrogens is 295 g/mol. The van der Waals surface area contributed by atoms with Crippen LogP contribution in [0.4, 0.5) is 4.39 Å². The van der Waals surface area contributed by atoms with Gasteiger partial charge in [0.1, 0.15) is 12.1 Å². The molecule has 4 nitrogen and oxygen atoms in total. The van der Waals surface area contributed by atoms with Crippen LogP contribution in [0.25, 0.3) is 0 Å². The van der Waals surface area contributed by atoms with E-state index in [2.05, 4.69) is 4.90 Å². The van der Waals surface area contributed by atoms with Crippen molar-refractivity contribution in [2.75, 3.05) is 32.7 Å². The van der Waals surface area contributed by atoms with E-state index >= 15 is 0 Å². The van der Waals surface area contributed by atoms with Gasteiger partial charge in [0.05, 0.1) is 11.8 Å². The Balaban J connectivity index is 1.51. The van der Waals surface area contributed by atoms with Crippen LogP contribution in [0.3, 0.4) is 0 Å². The molecule has 5 heteroatoms. The summed E-state index contributed by atoms with van der Waals surface area (Å²) < 4.78 is 18.2. The van der Waals surface area contributed by atoms with E-state index in [9.17, 15) is 9.18 Å². The number of carbonyl (C=O) groups excluding carboxylic acids is 1. The first kappa shape index (κ1) is 15.7. The zero-order chi connectivity index (χ0) is 16.1. The number of amides is 1. The highest BCUT2D eigenvalue weighted by molar-refractivity contribution is 5.93. The molecule has 0 aliphatic carbocycles. The van der Waals surface area contributed by atoms with Gasteiger partial charge in [-0.25, -0.2) is 4.39 Å². The third-order valence-corrected chi connectivity index (χ3v) is 4.25. The number of halogens is 1. The Labute approximate surface area is 135 Å². The second-order valence-electron chi connectivity index (χ2n) is 5.88. The van der Waals surface area contributed by atoms with E-state index in [-0.39, 0.29) is 11.7 Å². The molecule has 1 aromatic carbocycles. The first-order valence-corrected chi connectivity index (χ1v) is 8.00. The lowest BCUT2D eigenvalue weighted by molar-refractivity contribution is 0.0761. The molecule has 1 aliphatic heterocycles. The lowest BCUT2D eigenvalue weighted by Crippen LogP contribution is -2.35. The molecule has 23 heavy (non-hydrogen) atoms. The highest BCUT2D eigenvalue weighted by Gasteiger charge is 2.20. The average molecular weight is 316 g/mol. The number of benzene rings is 1. The molecule has 0 spiro atoms. The van der Waals surface area contributed by atoms with Crippen molar-refractivity contribution in [3.8, 4) is 0 Å². The Bertz CT molecular complexity index is 642. The fourth-order valence-electron chi connectivity index (χ4n) is 2.95. The summed E-state index contributed by atoms with van der Waals surface area (Å²) in [5.41, 5.74) is 1.62. The smallest absolute Gasteiger partial charge is 0.257 e. The van der Waals surface area contributed by atoms with E-state index in [1.54, 1.807) is 18.2 Å². The van der Waals surface area contributed by atoms with Gasteiger partial charge in [-0.1, -0.05) is 12.1 Å². The Morgan fingerprint density at radius 1 is 1.17 bits per heavy atom. The van der Waals surface area contributed by atoms with Crippen LogP contribution in [0.5, 0.6) is 0 Å². The molecular formula is C18H21FN2O2. The van der Waals surface area contributed by atoms with E-state index < -0.39 is 0 Å². The summed E-state index contributed by atoms with van der Waals surface area (Å²) in [5, 5.41) is 0. The van der Waals surface area contributed by atoms with Crippen molar-refractivity contribution < 1.29 is 13.6 Å². The lowest BCUT2D eigenvalue weighted by atomic mass is 10.1. The number of nitrogens with zero attached hydrogens (tertiary/aromatic N) is 2. The third-order valence-electron chi connectivity index (χ3n) is 4.25. The Morgan fingerprint density at radius 2 is 2.09 bits per heavy atom. The van der Waals surface area contributed by atoms with Gasteiger partial charge in [0.2, 0.25) is 0 Å². The summed E-state index contributed by atoms with van der Waals surface area (Å²) >= 11 is 0. The van der Waals surface area contributed by atoms with Crippen LogP contribution in [-0.2, 0) is 6.42 Å². The standard InChI is InChI=1S/C18H21FN2O2/c19-17-4-1-3-15(13-17)5-9-20-7-2-8-21(11-10-20)18(22)16-6-12-23-14-16/h1,3-4,6,12-14H,2,5,7-11H2. The molecule has 0 radical (unpaired) electrons. The predicted molar refractivity (Wildman–Crippen MR) is 85.8 cm³/mol. The van der Waals surface area contributed by atoms with Gasteiger partial charge in [-0.2, -0.15) is 0 Å². The molecule has 1 amide bonds. The second-order valence-corrected chi connectivity index (χ2v) is 5.88. The van der Waals surface area contributed by atoms with Gasteiger partial charge >= 0.3 is 0 Å². The molecule has 1 fully saturated rings.